The van der Waals surface area contributed by atoms with E-state index >= 15 is 0 Å². The van der Waals surface area contributed by atoms with Crippen molar-refractivity contribution in [1.82, 2.24) is 0 Å². The molecule has 0 aromatic heterocycles. The summed E-state index contributed by atoms with van der Waals surface area (Å²) in [6.45, 7) is 1.01. The molecule has 0 bridgehead atoms. The number of thioether (sulfide) groups is 1. The van der Waals surface area contributed by atoms with Gasteiger partial charge in [-0.1, -0.05) is 12.1 Å². The van der Waals surface area contributed by atoms with E-state index in [4.69, 9.17) is 0 Å². The molecule has 2 rings (SSSR count). The quantitative estimate of drug-likeness (QED) is 0.674. The molecule has 1 aliphatic rings. The van der Waals surface area contributed by atoms with Crippen molar-refractivity contribution in [3.8, 4) is 0 Å². The molecule has 0 spiro atoms. The Morgan fingerprint density at radius 1 is 1.14 bits per heavy atom. The summed E-state index contributed by atoms with van der Waals surface area (Å²) in [5.74, 6) is 0. The van der Waals surface area contributed by atoms with E-state index in [1.54, 1.807) is 11.8 Å². The van der Waals surface area contributed by atoms with Gasteiger partial charge in [-0.05, 0) is 43.2 Å². The van der Waals surface area contributed by atoms with Crippen LogP contribution in [0.25, 0.3) is 0 Å². The van der Waals surface area contributed by atoms with Gasteiger partial charge in [-0.2, -0.15) is 0 Å². The van der Waals surface area contributed by atoms with Crippen LogP contribution in [0.2, 0.25) is 0 Å². The Morgan fingerprint density at radius 3 is 2.50 bits per heavy atom. The van der Waals surface area contributed by atoms with Crippen LogP contribution < -0.4 is 0 Å². The highest BCUT2D eigenvalue weighted by molar-refractivity contribution is 7.98. The Balaban J connectivity index is 2.19. The molecular formula is C12H15NS. The molecule has 0 fully saturated rings. The molecule has 0 atom stereocenters. The van der Waals surface area contributed by atoms with E-state index in [0.717, 1.165) is 13.0 Å². The number of benzene rings is 1. The number of hydrogen-bond acceptors (Lipinski definition) is 2. The molecule has 1 aliphatic heterocycles. The zero-order valence-electron chi connectivity index (χ0n) is 8.49. The SMILES string of the molecule is CSc1ccc(C2=NCCCC2)cc1. The third kappa shape index (κ3) is 2.18. The summed E-state index contributed by atoms with van der Waals surface area (Å²) in [4.78, 5) is 5.89. The van der Waals surface area contributed by atoms with Gasteiger partial charge in [0.05, 0.1) is 0 Å². The van der Waals surface area contributed by atoms with Crippen molar-refractivity contribution in [2.75, 3.05) is 12.8 Å². The largest absolute Gasteiger partial charge is 0.289 e. The summed E-state index contributed by atoms with van der Waals surface area (Å²) in [6, 6.07) is 8.74. The Bertz CT molecular complexity index is 327. The van der Waals surface area contributed by atoms with E-state index in [1.165, 1.54) is 29.0 Å². The second kappa shape index (κ2) is 4.65. The van der Waals surface area contributed by atoms with Crippen molar-refractivity contribution in [2.45, 2.75) is 24.2 Å². The van der Waals surface area contributed by atoms with Crippen LogP contribution in [0.4, 0.5) is 0 Å². The predicted octanol–water partition coefficient (Wildman–Crippen LogP) is 3.38. The van der Waals surface area contributed by atoms with Crippen molar-refractivity contribution < 1.29 is 0 Å². The van der Waals surface area contributed by atoms with Gasteiger partial charge in [0.15, 0.2) is 0 Å². The molecule has 0 saturated heterocycles. The lowest BCUT2D eigenvalue weighted by atomic mass is 10.0. The third-order valence-corrected chi connectivity index (χ3v) is 3.29. The Labute approximate surface area is 89.6 Å². The van der Waals surface area contributed by atoms with E-state index in [9.17, 15) is 0 Å². The lowest BCUT2D eigenvalue weighted by Crippen LogP contribution is -2.07. The third-order valence-electron chi connectivity index (χ3n) is 2.55. The molecule has 2 heteroatoms. The molecule has 74 valence electrons. The smallest absolute Gasteiger partial charge is 0.0420 e. The average Bonchev–Trinajstić information content (AvgIpc) is 2.30. The lowest BCUT2D eigenvalue weighted by Gasteiger charge is -2.11. The van der Waals surface area contributed by atoms with Gasteiger partial charge in [0.2, 0.25) is 0 Å². The maximum absolute atomic E-state index is 4.57. The zero-order valence-corrected chi connectivity index (χ0v) is 9.31. The van der Waals surface area contributed by atoms with Gasteiger partial charge in [-0.25, -0.2) is 0 Å². The minimum absolute atomic E-state index is 1.01. The molecule has 1 aromatic carbocycles. The molecule has 1 heterocycles. The van der Waals surface area contributed by atoms with E-state index in [0.29, 0.717) is 0 Å². The minimum atomic E-state index is 1.01. The highest BCUT2D eigenvalue weighted by Gasteiger charge is 2.06. The molecule has 0 N–H and O–H groups in total. The highest BCUT2D eigenvalue weighted by Crippen LogP contribution is 2.18. The summed E-state index contributed by atoms with van der Waals surface area (Å²) in [6.07, 6.45) is 5.81. The first-order chi connectivity index (χ1) is 6.90. The average molecular weight is 205 g/mol. The lowest BCUT2D eigenvalue weighted by molar-refractivity contribution is 0.738. The summed E-state index contributed by atoms with van der Waals surface area (Å²) in [5.41, 5.74) is 2.60. The molecule has 0 radical (unpaired) electrons. The topological polar surface area (TPSA) is 12.4 Å². The van der Waals surface area contributed by atoms with Crippen LogP contribution in [-0.2, 0) is 0 Å². The van der Waals surface area contributed by atoms with E-state index in [-0.39, 0.29) is 0 Å². The summed E-state index contributed by atoms with van der Waals surface area (Å²) < 4.78 is 0. The molecule has 0 amide bonds. The maximum atomic E-state index is 4.57. The summed E-state index contributed by atoms with van der Waals surface area (Å²) in [7, 11) is 0. The van der Waals surface area contributed by atoms with Crippen LogP contribution in [0, 0.1) is 0 Å². The van der Waals surface area contributed by atoms with Gasteiger partial charge >= 0.3 is 0 Å². The fourth-order valence-corrected chi connectivity index (χ4v) is 2.12. The van der Waals surface area contributed by atoms with E-state index in [1.807, 2.05) is 0 Å². The Morgan fingerprint density at radius 2 is 1.93 bits per heavy atom. The number of nitrogens with zero attached hydrogens (tertiary/aromatic N) is 1. The fraction of sp³-hybridized carbons (Fsp3) is 0.417. The van der Waals surface area contributed by atoms with Crippen LogP contribution in [0.5, 0.6) is 0 Å². The van der Waals surface area contributed by atoms with Gasteiger partial charge in [0.25, 0.3) is 0 Å². The summed E-state index contributed by atoms with van der Waals surface area (Å²) >= 11 is 1.78. The molecule has 1 nitrogen and oxygen atoms in total. The molecule has 0 saturated carbocycles. The van der Waals surface area contributed by atoms with Crippen molar-refractivity contribution in [2.24, 2.45) is 4.99 Å². The standard InChI is InChI=1S/C12H15NS/c1-14-11-7-5-10(6-8-11)12-4-2-3-9-13-12/h5-8H,2-4,9H2,1H3. The van der Waals surface area contributed by atoms with Gasteiger partial charge in [0, 0.05) is 17.2 Å². The van der Waals surface area contributed by atoms with Gasteiger partial charge in [-0.3, -0.25) is 4.99 Å². The van der Waals surface area contributed by atoms with Crippen molar-refractivity contribution in [1.29, 1.82) is 0 Å². The minimum Gasteiger partial charge on any atom is -0.289 e. The first kappa shape index (κ1) is 9.78. The summed E-state index contributed by atoms with van der Waals surface area (Å²) in [5, 5.41) is 0. The molecule has 14 heavy (non-hydrogen) atoms. The van der Waals surface area contributed by atoms with Crippen LogP contribution in [0.15, 0.2) is 34.2 Å². The van der Waals surface area contributed by atoms with Gasteiger partial charge < -0.3 is 0 Å². The van der Waals surface area contributed by atoms with Gasteiger partial charge in [0.1, 0.15) is 0 Å². The molecule has 0 aliphatic carbocycles. The molecular weight excluding hydrogens is 190 g/mol. The van der Waals surface area contributed by atoms with Crippen molar-refractivity contribution in [3.63, 3.8) is 0 Å². The number of rotatable bonds is 2. The molecule has 0 unspecified atom stereocenters. The van der Waals surface area contributed by atoms with Crippen LogP contribution in [0.3, 0.4) is 0 Å². The second-order valence-corrected chi connectivity index (χ2v) is 4.39. The van der Waals surface area contributed by atoms with E-state index < -0.39 is 0 Å². The highest BCUT2D eigenvalue weighted by atomic mass is 32.2. The van der Waals surface area contributed by atoms with Crippen molar-refractivity contribution in [3.05, 3.63) is 29.8 Å². The number of aliphatic imine (C=N–C) groups is 1. The van der Waals surface area contributed by atoms with Crippen molar-refractivity contribution >= 4 is 17.5 Å². The maximum Gasteiger partial charge on any atom is 0.0420 e. The molecule has 1 aromatic rings. The first-order valence-electron chi connectivity index (χ1n) is 5.08. The zero-order chi connectivity index (χ0) is 9.80. The second-order valence-electron chi connectivity index (χ2n) is 3.51. The van der Waals surface area contributed by atoms with Crippen LogP contribution >= 0.6 is 11.8 Å². The van der Waals surface area contributed by atoms with E-state index in [2.05, 4.69) is 35.5 Å². The fourth-order valence-electron chi connectivity index (χ4n) is 1.72. The first-order valence-corrected chi connectivity index (χ1v) is 6.30. The predicted molar refractivity (Wildman–Crippen MR) is 63.5 cm³/mol. The van der Waals surface area contributed by atoms with Crippen LogP contribution in [-0.4, -0.2) is 18.5 Å². The number of hydrogen-bond donors (Lipinski definition) is 0. The van der Waals surface area contributed by atoms with Gasteiger partial charge in [-0.15, -0.1) is 11.8 Å². The van der Waals surface area contributed by atoms with Crippen LogP contribution in [0.1, 0.15) is 24.8 Å². The Hall–Kier alpha value is -0.760. The normalized spacial score (nSPS) is 16.5. The monoisotopic (exact) mass is 205 g/mol. The Kier molecular flexibility index (Phi) is 3.25.